The third-order valence-electron chi connectivity index (χ3n) is 4.50. The molecule has 138 valence electrons. The van der Waals surface area contributed by atoms with Gasteiger partial charge in [-0.2, -0.15) is 4.98 Å². The van der Waals surface area contributed by atoms with Crippen LogP contribution in [-0.4, -0.2) is 35.1 Å². The lowest BCUT2D eigenvalue weighted by Crippen LogP contribution is -2.35. The number of hydrogen-bond donors (Lipinski definition) is 1. The van der Waals surface area contributed by atoms with Crippen LogP contribution >= 0.6 is 0 Å². The molecule has 1 N–H and O–H groups in total. The van der Waals surface area contributed by atoms with Crippen molar-refractivity contribution in [3.8, 4) is 5.75 Å². The molecule has 0 unspecified atom stereocenters. The van der Waals surface area contributed by atoms with Gasteiger partial charge in [0.15, 0.2) is 0 Å². The molecule has 0 saturated carbocycles. The van der Waals surface area contributed by atoms with Crippen molar-refractivity contribution in [1.82, 2.24) is 9.97 Å². The van der Waals surface area contributed by atoms with Gasteiger partial charge in [0, 0.05) is 24.8 Å². The van der Waals surface area contributed by atoms with E-state index in [0.29, 0.717) is 29.0 Å². The van der Waals surface area contributed by atoms with Crippen LogP contribution in [0.3, 0.4) is 0 Å². The maximum Gasteiger partial charge on any atom is 0.332 e. The fourth-order valence-electron chi connectivity index (χ4n) is 3.21. The average molecular weight is 357 g/mol. The van der Waals surface area contributed by atoms with Gasteiger partial charge in [0.1, 0.15) is 11.4 Å². The van der Waals surface area contributed by atoms with E-state index in [2.05, 4.69) is 27.1 Å². The monoisotopic (exact) mass is 357 g/mol. The molecule has 2 aromatic rings. The summed E-state index contributed by atoms with van der Waals surface area (Å²) in [5.41, 5.74) is 0.911. The number of rotatable bonds is 5. The summed E-state index contributed by atoms with van der Waals surface area (Å²) in [6, 6.07) is 7.20. The Balaban J connectivity index is 1.99. The van der Waals surface area contributed by atoms with E-state index in [4.69, 9.17) is 4.74 Å². The standard InChI is InChI=1S/C18H23N5O3/c1-12-6-5-9-22(11-12)18-19-13(2)16(23(24)25)17(21-18)20-14-7-4-8-15(10-14)26-3/h4,7-8,10,12H,5-6,9,11H2,1-3H3,(H,19,20,21)/t12-/m1/s1. The lowest BCUT2D eigenvalue weighted by atomic mass is 10.0. The van der Waals surface area contributed by atoms with Crippen molar-refractivity contribution in [1.29, 1.82) is 0 Å². The Morgan fingerprint density at radius 3 is 2.88 bits per heavy atom. The van der Waals surface area contributed by atoms with E-state index >= 15 is 0 Å². The number of benzene rings is 1. The highest BCUT2D eigenvalue weighted by molar-refractivity contribution is 5.69. The van der Waals surface area contributed by atoms with E-state index in [0.717, 1.165) is 19.5 Å². The van der Waals surface area contributed by atoms with Crippen LogP contribution in [0.4, 0.5) is 23.1 Å². The molecule has 1 aliphatic heterocycles. The zero-order valence-electron chi connectivity index (χ0n) is 15.2. The largest absolute Gasteiger partial charge is 0.497 e. The second-order valence-electron chi connectivity index (χ2n) is 6.61. The maximum atomic E-state index is 11.5. The predicted molar refractivity (Wildman–Crippen MR) is 100 cm³/mol. The third-order valence-corrected chi connectivity index (χ3v) is 4.50. The van der Waals surface area contributed by atoms with Crippen molar-refractivity contribution in [3.05, 3.63) is 40.1 Å². The van der Waals surface area contributed by atoms with Gasteiger partial charge in [-0.3, -0.25) is 10.1 Å². The van der Waals surface area contributed by atoms with Crippen LogP contribution in [0.15, 0.2) is 24.3 Å². The van der Waals surface area contributed by atoms with Crippen molar-refractivity contribution in [2.45, 2.75) is 26.7 Å². The topological polar surface area (TPSA) is 93.4 Å². The van der Waals surface area contributed by atoms with Gasteiger partial charge in [0.25, 0.3) is 0 Å². The summed E-state index contributed by atoms with van der Waals surface area (Å²) < 4.78 is 5.21. The van der Waals surface area contributed by atoms with Crippen LogP contribution < -0.4 is 15.0 Å². The fraction of sp³-hybridized carbons (Fsp3) is 0.444. The van der Waals surface area contributed by atoms with Crippen molar-refractivity contribution >= 4 is 23.1 Å². The highest BCUT2D eigenvalue weighted by Crippen LogP contribution is 2.32. The summed E-state index contributed by atoms with van der Waals surface area (Å²) in [6.45, 7) is 5.56. The summed E-state index contributed by atoms with van der Waals surface area (Å²) in [5, 5.41) is 14.6. The smallest absolute Gasteiger partial charge is 0.332 e. The fourth-order valence-corrected chi connectivity index (χ4v) is 3.21. The first-order valence-corrected chi connectivity index (χ1v) is 8.67. The number of ether oxygens (including phenoxy) is 1. The van der Waals surface area contributed by atoms with E-state index in [9.17, 15) is 10.1 Å². The van der Waals surface area contributed by atoms with E-state index in [-0.39, 0.29) is 11.5 Å². The minimum atomic E-state index is -0.444. The van der Waals surface area contributed by atoms with E-state index in [1.165, 1.54) is 6.42 Å². The van der Waals surface area contributed by atoms with Crippen molar-refractivity contribution < 1.29 is 9.66 Å². The van der Waals surface area contributed by atoms with Gasteiger partial charge in [-0.05, 0) is 37.8 Å². The van der Waals surface area contributed by atoms with Gasteiger partial charge in [-0.15, -0.1) is 0 Å². The highest BCUT2D eigenvalue weighted by atomic mass is 16.6. The Bertz CT molecular complexity index is 811. The molecule has 0 radical (unpaired) electrons. The van der Waals surface area contributed by atoms with Gasteiger partial charge in [-0.1, -0.05) is 13.0 Å². The Kier molecular flexibility index (Phi) is 5.20. The first-order chi connectivity index (χ1) is 12.5. The summed E-state index contributed by atoms with van der Waals surface area (Å²) >= 11 is 0. The SMILES string of the molecule is COc1cccc(Nc2nc(N3CCC[C@@H](C)C3)nc(C)c2[N+](=O)[O-])c1. The molecule has 0 spiro atoms. The van der Waals surface area contributed by atoms with Gasteiger partial charge in [-0.25, -0.2) is 4.98 Å². The van der Waals surface area contributed by atoms with Crippen molar-refractivity contribution in [2.75, 3.05) is 30.4 Å². The number of nitrogens with one attached hydrogen (secondary N) is 1. The van der Waals surface area contributed by atoms with Crippen LogP contribution in [-0.2, 0) is 0 Å². The third kappa shape index (κ3) is 3.84. The number of aromatic nitrogens is 2. The second-order valence-corrected chi connectivity index (χ2v) is 6.61. The van der Waals surface area contributed by atoms with Crippen LogP contribution in [0.2, 0.25) is 0 Å². The number of hydrogen-bond acceptors (Lipinski definition) is 7. The molecule has 1 fully saturated rings. The summed E-state index contributed by atoms with van der Waals surface area (Å²) in [6.07, 6.45) is 2.25. The van der Waals surface area contributed by atoms with Gasteiger partial charge >= 0.3 is 5.69 Å². The number of piperidine rings is 1. The molecular formula is C18H23N5O3. The molecule has 0 bridgehead atoms. The molecule has 2 heterocycles. The molecule has 0 amide bonds. The molecule has 3 rings (SSSR count). The molecular weight excluding hydrogens is 334 g/mol. The zero-order valence-corrected chi connectivity index (χ0v) is 15.2. The molecule has 1 aromatic carbocycles. The zero-order chi connectivity index (χ0) is 18.7. The van der Waals surface area contributed by atoms with E-state index < -0.39 is 4.92 Å². The van der Waals surface area contributed by atoms with Crippen molar-refractivity contribution in [2.24, 2.45) is 5.92 Å². The summed E-state index contributed by atoms with van der Waals surface area (Å²) in [7, 11) is 1.58. The molecule has 1 saturated heterocycles. The number of nitrogens with zero attached hydrogens (tertiary/aromatic N) is 4. The van der Waals surface area contributed by atoms with Gasteiger partial charge < -0.3 is 15.0 Å². The molecule has 0 aliphatic carbocycles. The first kappa shape index (κ1) is 17.9. The predicted octanol–water partition coefficient (Wildman–Crippen LogP) is 3.68. The van der Waals surface area contributed by atoms with Crippen molar-refractivity contribution in [3.63, 3.8) is 0 Å². The molecule has 1 aromatic heterocycles. The summed E-state index contributed by atoms with van der Waals surface area (Å²) in [4.78, 5) is 22.1. The number of nitro groups is 1. The Morgan fingerprint density at radius 2 is 2.19 bits per heavy atom. The Hall–Kier alpha value is -2.90. The molecule has 1 atom stereocenters. The Morgan fingerprint density at radius 1 is 1.38 bits per heavy atom. The highest BCUT2D eigenvalue weighted by Gasteiger charge is 2.26. The number of aryl methyl sites for hydroxylation is 1. The van der Waals surface area contributed by atoms with Gasteiger partial charge in [0.05, 0.1) is 12.0 Å². The van der Waals surface area contributed by atoms with Gasteiger partial charge in [0.2, 0.25) is 11.8 Å². The lowest BCUT2D eigenvalue weighted by Gasteiger charge is -2.31. The maximum absolute atomic E-state index is 11.5. The second kappa shape index (κ2) is 7.55. The van der Waals surface area contributed by atoms with E-state index in [1.807, 2.05) is 18.2 Å². The van der Waals surface area contributed by atoms with Crippen LogP contribution in [0.5, 0.6) is 5.75 Å². The lowest BCUT2D eigenvalue weighted by molar-refractivity contribution is -0.385. The number of methoxy groups -OCH3 is 1. The molecule has 1 aliphatic rings. The minimum absolute atomic E-state index is 0.110. The Labute approximate surface area is 152 Å². The van der Waals surface area contributed by atoms with E-state index in [1.54, 1.807) is 20.1 Å². The summed E-state index contributed by atoms with van der Waals surface area (Å²) in [5.74, 6) is 1.94. The first-order valence-electron chi connectivity index (χ1n) is 8.67. The quantitative estimate of drug-likeness (QED) is 0.644. The number of anilines is 3. The average Bonchev–Trinajstić information content (AvgIpc) is 2.61. The molecule has 26 heavy (non-hydrogen) atoms. The molecule has 8 nitrogen and oxygen atoms in total. The minimum Gasteiger partial charge on any atom is -0.497 e. The van der Waals surface area contributed by atoms with Crippen LogP contribution in [0, 0.1) is 23.0 Å². The van der Waals surface area contributed by atoms with Crippen LogP contribution in [0.1, 0.15) is 25.5 Å². The normalized spacial score (nSPS) is 17.0. The molecule has 8 heteroatoms. The van der Waals surface area contributed by atoms with Crippen LogP contribution in [0.25, 0.3) is 0 Å².